The van der Waals surface area contributed by atoms with Crippen LogP contribution in [-0.2, 0) is 36.9 Å². The lowest BCUT2D eigenvalue weighted by Gasteiger charge is -2.35. The van der Waals surface area contributed by atoms with E-state index in [0.29, 0.717) is 25.9 Å². The molecule has 40 heavy (non-hydrogen) atoms. The monoisotopic (exact) mass is 553 g/mol. The number of hydrogen-bond donors (Lipinski definition) is 1. The summed E-state index contributed by atoms with van der Waals surface area (Å²) in [4.78, 5) is 55.5. The summed E-state index contributed by atoms with van der Waals surface area (Å²) in [6.07, 6.45) is -0.579. The van der Waals surface area contributed by atoms with Crippen molar-refractivity contribution in [1.29, 1.82) is 0 Å². The molecule has 1 aromatic rings. The number of nitrogens with zero attached hydrogens (tertiary/aromatic N) is 2. The molecule has 4 bridgehead atoms. The van der Waals surface area contributed by atoms with E-state index in [0.717, 1.165) is 16.7 Å². The Bertz CT molecular complexity index is 1240. The van der Waals surface area contributed by atoms with Crippen molar-refractivity contribution in [3.63, 3.8) is 0 Å². The van der Waals surface area contributed by atoms with Gasteiger partial charge in [0.2, 0.25) is 5.91 Å². The Morgan fingerprint density at radius 2 is 1.93 bits per heavy atom. The molecule has 0 radical (unpaired) electrons. The molecule has 3 amide bonds. The Hall–Kier alpha value is -3.74. The zero-order valence-electron chi connectivity index (χ0n) is 24.2. The molecule has 1 aromatic carbocycles. The van der Waals surface area contributed by atoms with Gasteiger partial charge in [-0.15, -0.1) is 0 Å². The second-order valence-corrected chi connectivity index (χ2v) is 12.6. The Morgan fingerprint density at radius 3 is 2.62 bits per heavy atom. The minimum absolute atomic E-state index is 0.00179. The summed E-state index contributed by atoms with van der Waals surface area (Å²) in [5.41, 5.74) is 1.83. The molecular weight excluding hydrogens is 514 g/mol. The highest BCUT2D eigenvalue weighted by Gasteiger charge is 2.47. The van der Waals surface area contributed by atoms with E-state index in [2.05, 4.69) is 17.2 Å². The number of rotatable bonds is 1. The zero-order valence-corrected chi connectivity index (χ0v) is 24.2. The van der Waals surface area contributed by atoms with Crippen LogP contribution in [0.15, 0.2) is 18.2 Å². The predicted molar refractivity (Wildman–Crippen MR) is 146 cm³/mol. The maximum absolute atomic E-state index is 13.8. The van der Waals surface area contributed by atoms with Gasteiger partial charge in [-0.25, -0.2) is 14.4 Å². The van der Waals surface area contributed by atoms with Gasteiger partial charge in [0.15, 0.2) is 0 Å². The van der Waals surface area contributed by atoms with E-state index in [4.69, 9.17) is 14.2 Å². The standard InChI is InChI=1S/C30H39N3O7/c1-29(2,3)24-25(34)33-16-21(14-23(33)26(35)38-6)40-28(37)32-15-20-12-9-11-19(22(20)17-32)10-7-8-13-30(4,5)18-39-27(36)31-24/h9,11-12,21,23-24H,8,13-18H2,1-6H3,(H,31,36)/t21-,23+,24-/m1/s1. The van der Waals surface area contributed by atoms with Gasteiger partial charge in [0, 0.05) is 24.9 Å². The number of esters is 1. The van der Waals surface area contributed by atoms with Crippen molar-refractivity contribution >= 4 is 24.1 Å². The van der Waals surface area contributed by atoms with Gasteiger partial charge >= 0.3 is 18.2 Å². The van der Waals surface area contributed by atoms with Crippen molar-refractivity contribution in [3.8, 4) is 11.8 Å². The molecular formula is C30H39N3O7. The van der Waals surface area contributed by atoms with E-state index in [1.165, 1.54) is 12.0 Å². The highest BCUT2D eigenvalue weighted by Crippen LogP contribution is 2.31. The van der Waals surface area contributed by atoms with Crippen molar-refractivity contribution in [2.24, 2.45) is 10.8 Å². The Kier molecular flexibility index (Phi) is 8.33. The van der Waals surface area contributed by atoms with Gasteiger partial charge in [0.05, 0.1) is 26.8 Å². The summed E-state index contributed by atoms with van der Waals surface area (Å²) in [6.45, 7) is 10.3. The molecule has 0 unspecified atom stereocenters. The van der Waals surface area contributed by atoms with Crippen LogP contribution in [0.1, 0.15) is 70.6 Å². The van der Waals surface area contributed by atoms with Crippen molar-refractivity contribution in [3.05, 3.63) is 34.9 Å². The molecule has 10 heteroatoms. The summed E-state index contributed by atoms with van der Waals surface area (Å²) in [7, 11) is 1.25. The number of cyclic esters (lactones) is 1. The summed E-state index contributed by atoms with van der Waals surface area (Å²) in [5.74, 6) is 5.39. The van der Waals surface area contributed by atoms with E-state index < -0.39 is 47.7 Å². The van der Waals surface area contributed by atoms with Gasteiger partial charge in [0.1, 0.15) is 18.2 Å². The minimum Gasteiger partial charge on any atom is -0.467 e. The van der Waals surface area contributed by atoms with Gasteiger partial charge in [0.25, 0.3) is 0 Å². The SMILES string of the molecule is COC(=O)[C@@H]1C[C@@H]2CN1C(=O)[C@H](C(C)(C)C)NC(=O)OCC(C)(C)CCC#Cc1cccc3c1CN(C3)C(=O)O2. The van der Waals surface area contributed by atoms with Crippen LogP contribution < -0.4 is 5.32 Å². The first-order valence-electron chi connectivity index (χ1n) is 13.7. The smallest absolute Gasteiger partial charge is 0.410 e. The van der Waals surface area contributed by atoms with E-state index >= 15 is 0 Å². The fraction of sp³-hybridized carbons (Fsp3) is 0.600. The van der Waals surface area contributed by atoms with Crippen LogP contribution in [0.4, 0.5) is 9.59 Å². The summed E-state index contributed by atoms with van der Waals surface area (Å²) in [5, 5.41) is 2.71. The highest BCUT2D eigenvalue weighted by atomic mass is 16.6. The fourth-order valence-corrected chi connectivity index (χ4v) is 5.24. The molecule has 1 saturated heterocycles. The zero-order chi connectivity index (χ0) is 29.2. The maximum atomic E-state index is 13.8. The molecule has 216 valence electrons. The Balaban J connectivity index is 1.65. The fourth-order valence-electron chi connectivity index (χ4n) is 5.24. The van der Waals surface area contributed by atoms with Crippen molar-refractivity contribution in [1.82, 2.24) is 15.1 Å². The summed E-state index contributed by atoms with van der Waals surface area (Å²) >= 11 is 0. The van der Waals surface area contributed by atoms with E-state index in [1.807, 2.05) is 52.8 Å². The molecule has 3 atom stereocenters. The molecule has 0 saturated carbocycles. The lowest BCUT2D eigenvalue weighted by Crippen LogP contribution is -2.57. The van der Waals surface area contributed by atoms with Crippen LogP contribution >= 0.6 is 0 Å². The second-order valence-electron chi connectivity index (χ2n) is 12.6. The number of amides is 3. The molecule has 3 aliphatic rings. The van der Waals surface area contributed by atoms with E-state index in [9.17, 15) is 19.2 Å². The van der Waals surface area contributed by atoms with Crippen LogP contribution in [0.25, 0.3) is 0 Å². The summed E-state index contributed by atoms with van der Waals surface area (Å²) in [6, 6.07) is 3.90. The predicted octanol–water partition coefficient (Wildman–Crippen LogP) is 3.59. The maximum Gasteiger partial charge on any atom is 0.410 e. The molecule has 10 nitrogen and oxygen atoms in total. The topological polar surface area (TPSA) is 114 Å². The molecule has 0 aromatic heterocycles. The van der Waals surface area contributed by atoms with Gasteiger partial charge in [-0.2, -0.15) is 0 Å². The van der Waals surface area contributed by atoms with Crippen LogP contribution in [0.5, 0.6) is 0 Å². The number of fused-ring (bicyclic) bond motifs is 3. The molecule has 1 fully saturated rings. The third-order valence-electron chi connectivity index (χ3n) is 7.65. The third kappa shape index (κ3) is 6.52. The average Bonchev–Trinajstić information content (AvgIpc) is 3.52. The minimum atomic E-state index is -0.993. The Morgan fingerprint density at radius 1 is 1.18 bits per heavy atom. The molecule has 3 heterocycles. The molecule has 4 rings (SSSR count). The largest absolute Gasteiger partial charge is 0.467 e. The number of hydrogen-bond acceptors (Lipinski definition) is 7. The quantitative estimate of drug-likeness (QED) is 0.321. The van der Waals surface area contributed by atoms with Gasteiger partial charge in [-0.05, 0) is 34.4 Å². The highest BCUT2D eigenvalue weighted by molar-refractivity contribution is 5.91. The lowest BCUT2D eigenvalue weighted by molar-refractivity contribution is -0.152. The first-order chi connectivity index (χ1) is 18.8. The van der Waals surface area contributed by atoms with E-state index in [1.54, 1.807) is 4.90 Å². The molecule has 1 N–H and O–H groups in total. The Labute approximate surface area is 235 Å². The second kappa shape index (κ2) is 11.4. The molecule has 0 aliphatic carbocycles. The van der Waals surface area contributed by atoms with Gasteiger partial charge < -0.3 is 24.4 Å². The van der Waals surface area contributed by atoms with E-state index in [-0.39, 0.29) is 25.0 Å². The molecule has 0 spiro atoms. The van der Waals surface area contributed by atoms with Crippen molar-refractivity contribution in [2.45, 2.75) is 85.2 Å². The van der Waals surface area contributed by atoms with Crippen molar-refractivity contribution < 1.29 is 33.4 Å². The van der Waals surface area contributed by atoms with Crippen molar-refractivity contribution in [2.75, 3.05) is 20.3 Å². The normalized spacial score (nSPS) is 25.2. The number of benzene rings is 1. The first kappa shape index (κ1) is 29.2. The summed E-state index contributed by atoms with van der Waals surface area (Å²) < 4.78 is 16.3. The van der Waals surface area contributed by atoms with Crippen LogP contribution in [0.2, 0.25) is 0 Å². The third-order valence-corrected chi connectivity index (χ3v) is 7.65. The van der Waals surface area contributed by atoms with Crippen LogP contribution in [-0.4, -0.2) is 72.3 Å². The van der Waals surface area contributed by atoms with Crippen LogP contribution in [0.3, 0.4) is 0 Å². The first-order valence-corrected chi connectivity index (χ1v) is 13.7. The van der Waals surface area contributed by atoms with Gasteiger partial charge in [-0.1, -0.05) is 58.6 Å². The number of carbonyl (C=O) groups excluding carboxylic acids is 4. The van der Waals surface area contributed by atoms with Gasteiger partial charge in [-0.3, -0.25) is 9.69 Å². The number of methoxy groups -OCH3 is 1. The molecule has 3 aliphatic heterocycles. The number of ether oxygens (including phenoxy) is 3. The average molecular weight is 554 g/mol. The van der Waals surface area contributed by atoms with Crippen LogP contribution in [0, 0.1) is 22.7 Å². The number of alkyl carbamates (subject to hydrolysis) is 1. The number of nitrogens with one attached hydrogen (secondary N) is 1. The number of carbonyl (C=O) groups is 4. The lowest BCUT2D eigenvalue weighted by atomic mass is 9.85.